The summed E-state index contributed by atoms with van der Waals surface area (Å²) in [6, 6.07) is 16.3. The zero-order valence-electron chi connectivity index (χ0n) is 14.1. The molecule has 2 heterocycles. The zero-order chi connectivity index (χ0) is 19.7. The second kappa shape index (κ2) is 8.17. The maximum absolute atomic E-state index is 12.3. The van der Waals surface area contributed by atoms with Gasteiger partial charge >= 0.3 is 0 Å². The molecule has 0 unspecified atom stereocenters. The lowest BCUT2D eigenvalue weighted by molar-refractivity contribution is -0.115. The van der Waals surface area contributed by atoms with Crippen LogP contribution in [-0.2, 0) is 4.79 Å². The Morgan fingerprint density at radius 3 is 2.75 bits per heavy atom. The highest BCUT2D eigenvalue weighted by atomic mass is 79.9. The molecule has 0 aliphatic carbocycles. The third-order valence-corrected chi connectivity index (χ3v) is 5.96. The fraction of sp³-hybridized carbons (Fsp3) is 0. The number of aliphatic imine (C=N–C) groups is 1. The smallest absolute Gasteiger partial charge is 0.264 e. The van der Waals surface area contributed by atoms with Crippen molar-refractivity contribution in [2.75, 3.05) is 0 Å². The minimum absolute atomic E-state index is 0.227. The number of carbonyl (C=O) groups excluding carboxylic acids is 1. The van der Waals surface area contributed by atoms with E-state index in [2.05, 4.69) is 26.2 Å². The van der Waals surface area contributed by atoms with E-state index in [0.29, 0.717) is 37.2 Å². The quantitative estimate of drug-likeness (QED) is 0.403. The molecule has 1 aromatic heterocycles. The normalized spacial score (nSPS) is 16.8. The largest absolute Gasteiger partial charge is 0.457 e. The van der Waals surface area contributed by atoms with Gasteiger partial charge < -0.3 is 9.73 Å². The van der Waals surface area contributed by atoms with Crippen LogP contribution in [0.5, 0.6) is 0 Å². The van der Waals surface area contributed by atoms with Crippen molar-refractivity contribution in [3.63, 3.8) is 0 Å². The van der Waals surface area contributed by atoms with Crippen molar-refractivity contribution >= 4 is 73.7 Å². The number of para-hydroxylation sites is 1. The summed E-state index contributed by atoms with van der Waals surface area (Å²) in [7, 11) is 0. The van der Waals surface area contributed by atoms with E-state index in [0.717, 1.165) is 10.2 Å². The first-order chi connectivity index (χ1) is 13.5. The first-order valence-electron chi connectivity index (χ1n) is 8.09. The molecule has 8 heteroatoms. The van der Waals surface area contributed by atoms with Crippen molar-refractivity contribution in [2.24, 2.45) is 4.99 Å². The van der Waals surface area contributed by atoms with E-state index in [1.807, 2.05) is 24.3 Å². The third kappa shape index (κ3) is 4.20. The molecule has 1 amide bonds. The number of amides is 1. The molecule has 0 bridgehead atoms. The average Bonchev–Trinajstić information content (AvgIpc) is 3.26. The summed E-state index contributed by atoms with van der Waals surface area (Å²) in [6.07, 6.45) is 1.67. The molecule has 1 fully saturated rings. The van der Waals surface area contributed by atoms with Gasteiger partial charge in [0.05, 0.1) is 15.6 Å². The molecule has 4 rings (SSSR count). The molecule has 2 aromatic carbocycles. The first kappa shape index (κ1) is 19.3. The van der Waals surface area contributed by atoms with E-state index in [1.54, 1.807) is 36.4 Å². The Balaban J connectivity index is 1.58. The van der Waals surface area contributed by atoms with Crippen LogP contribution in [0, 0.1) is 0 Å². The van der Waals surface area contributed by atoms with E-state index in [4.69, 9.17) is 27.6 Å². The molecule has 4 nitrogen and oxygen atoms in total. The topological polar surface area (TPSA) is 54.6 Å². The molecule has 1 aliphatic rings. The van der Waals surface area contributed by atoms with E-state index in [-0.39, 0.29) is 5.91 Å². The van der Waals surface area contributed by atoms with Crippen molar-refractivity contribution in [3.05, 3.63) is 79.8 Å². The number of rotatable bonds is 3. The highest BCUT2D eigenvalue weighted by molar-refractivity contribution is 9.10. The molecule has 1 N–H and O–H groups in total. The fourth-order valence-corrected chi connectivity index (χ4v) is 4.09. The van der Waals surface area contributed by atoms with Gasteiger partial charge in [-0.25, -0.2) is 4.99 Å². The van der Waals surface area contributed by atoms with Crippen molar-refractivity contribution < 1.29 is 9.21 Å². The Morgan fingerprint density at radius 1 is 1.11 bits per heavy atom. The SMILES string of the molecule is O=C1NC(=Nc2ccccc2Br)SC1=Cc1ccc(-c2cc(Cl)ccc2Cl)o1. The number of hydrogen-bond acceptors (Lipinski definition) is 4. The average molecular weight is 494 g/mol. The Morgan fingerprint density at radius 2 is 1.93 bits per heavy atom. The molecule has 0 atom stereocenters. The van der Waals surface area contributed by atoms with Crippen LogP contribution in [0.2, 0.25) is 10.0 Å². The lowest BCUT2D eigenvalue weighted by atomic mass is 10.2. The van der Waals surface area contributed by atoms with Gasteiger partial charge in [0.25, 0.3) is 5.91 Å². The van der Waals surface area contributed by atoms with Gasteiger partial charge in [-0.3, -0.25) is 4.79 Å². The lowest BCUT2D eigenvalue weighted by Crippen LogP contribution is -2.19. The lowest BCUT2D eigenvalue weighted by Gasteiger charge is -2.01. The molecule has 140 valence electrons. The Hall–Kier alpha value is -1.99. The number of hydrogen-bond donors (Lipinski definition) is 1. The highest BCUT2D eigenvalue weighted by Crippen LogP contribution is 2.34. The summed E-state index contributed by atoms with van der Waals surface area (Å²) in [5.41, 5.74) is 1.43. The molecule has 3 aromatic rings. The van der Waals surface area contributed by atoms with Crippen molar-refractivity contribution in [1.82, 2.24) is 5.32 Å². The molecular weight excluding hydrogens is 483 g/mol. The predicted molar refractivity (Wildman–Crippen MR) is 119 cm³/mol. The zero-order valence-corrected chi connectivity index (χ0v) is 18.0. The number of carbonyl (C=O) groups is 1. The molecule has 0 spiro atoms. The fourth-order valence-electron chi connectivity index (χ4n) is 2.52. The van der Waals surface area contributed by atoms with Crippen molar-refractivity contribution in [2.45, 2.75) is 0 Å². The highest BCUT2D eigenvalue weighted by Gasteiger charge is 2.24. The third-order valence-electron chi connectivity index (χ3n) is 3.82. The minimum atomic E-state index is -0.227. The summed E-state index contributed by atoms with van der Waals surface area (Å²) in [4.78, 5) is 17.2. The number of furan rings is 1. The van der Waals surface area contributed by atoms with Gasteiger partial charge in [0, 0.05) is 21.1 Å². The monoisotopic (exact) mass is 492 g/mol. The van der Waals surface area contributed by atoms with E-state index in [1.165, 1.54) is 11.8 Å². The van der Waals surface area contributed by atoms with E-state index < -0.39 is 0 Å². The summed E-state index contributed by atoms with van der Waals surface area (Å²) < 4.78 is 6.68. The Bertz CT molecular complexity index is 1140. The molecule has 28 heavy (non-hydrogen) atoms. The maximum Gasteiger partial charge on any atom is 0.264 e. The van der Waals surface area contributed by atoms with Crippen LogP contribution in [0.15, 0.2) is 73.4 Å². The molecule has 1 saturated heterocycles. The summed E-state index contributed by atoms with van der Waals surface area (Å²) in [6.45, 7) is 0. The standard InChI is InChI=1S/C20H11BrCl2N2O2S/c21-14-3-1-2-4-16(14)24-20-25-19(26)18(28-20)10-12-6-8-17(27-12)13-9-11(22)5-7-15(13)23/h1-10H,(H,24,25,26). The van der Waals surface area contributed by atoms with Gasteiger partial charge in [0.15, 0.2) is 5.17 Å². The maximum atomic E-state index is 12.3. The number of thioether (sulfide) groups is 1. The van der Waals surface area contributed by atoms with Crippen molar-refractivity contribution in [3.8, 4) is 11.3 Å². The van der Waals surface area contributed by atoms with Crippen LogP contribution in [0.25, 0.3) is 17.4 Å². The van der Waals surface area contributed by atoms with Crippen LogP contribution >= 0.6 is 50.9 Å². The summed E-state index contributed by atoms with van der Waals surface area (Å²) in [5, 5.41) is 4.37. The molecule has 1 aliphatic heterocycles. The molecule has 0 radical (unpaired) electrons. The second-order valence-electron chi connectivity index (χ2n) is 5.76. The van der Waals surface area contributed by atoms with Gasteiger partial charge in [-0.05, 0) is 70.2 Å². The van der Waals surface area contributed by atoms with Crippen LogP contribution in [0.1, 0.15) is 5.76 Å². The van der Waals surface area contributed by atoms with Crippen LogP contribution in [0.4, 0.5) is 5.69 Å². The van der Waals surface area contributed by atoms with Gasteiger partial charge in [-0.15, -0.1) is 0 Å². The number of nitrogens with one attached hydrogen (secondary N) is 1. The van der Waals surface area contributed by atoms with Gasteiger partial charge in [-0.2, -0.15) is 0 Å². The van der Waals surface area contributed by atoms with Crippen LogP contribution in [0.3, 0.4) is 0 Å². The Kier molecular flexibility index (Phi) is 5.64. The first-order valence-corrected chi connectivity index (χ1v) is 10.5. The Labute approximate surface area is 183 Å². The number of nitrogens with zero attached hydrogens (tertiary/aromatic N) is 1. The van der Waals surface area contributed by atoms with Gasteiger partial charge in [0.2, 0.25) is 0 Å². The summed E-state index contributed by atoms with van der Waals surface area (Å²) in [5.74, 6) is 0.880. The number of amidine groups is 1. The van der Waals surface area contributed by atoms with Gasteiger partial charge in [0.1, 0.15) is 11.5 Å². The molecular formula is C20H11BrCl2N2O2S. The minimum Gasteiger partial charge on any atom is -0.457 e. The van der Waals surface area contributed by atoms with E-state index >= 15 is 0 Å². The predicted octanol–water partition coefficient (Wildman–Crippen LogP) is 6.91. The van der Waals surface area contributed by atoms with Crippen LogP contribution in [-0.4, -0.2) is 11.1 Å². The van der Waals surface area contributed by atoms with Crippen molar-refractivity contribution in [1.29, 1.82) is 0 Å². The second-order valence-corrected chi connectivity index (χ2v) is 8.49. The summed E-state index contributed by atoms with van der Waals surface area (Å²) >= 11 is 17.0. The number of benzene rings is 2. The molecule has 0 saturated carbocycles. The van der Waals surface area contributed by atoms with Crippen LogP contribution < -0.4 is 5.32 Å². The van der Waals surface area contributed by atoms with E-state index in [9.17, 15) is 4.79 Å². The number of halogens is 3. The van der Waals surface area contributed by atoms with Gasteiger partial charge in [-0.1, -0.05) is 35.3 Å².